The zero-order valence-corrected chi connectivity index (χ0v) is 9.68. The second kappa shape index (κ2) is 5.07. The van der Waals surface area contributed by atoms with E-state index < -0.39 is 0 Å². The minimum atomic E-state index is 0.347. The van der Waals surface area contributed by atoms with Gasteiger partial charge in [-0.25, -0.2) is 5.84 Å². The Morgan fingerprint density at radius 2 is 1.69 bits per heavy atom. The molecular formula is C11H22N2. The first-order valence-corrected chi connectivity index (χ1v) is 4.76. The molecule has 76 valence electrons. The van der Waals surface area contributed by atoms with E-state index in [4.69, 9.17) is 5.84 Å². The Bertz CT molecular complexity index is 224. The van der Waals surface area contributed by atoms with Crippen LogP contribution < -0.4 is 5.84 Å². The first kappa shape index (κ1) is 12.2. The smallest absolute Gasteiger partial charge is 0.0392 e. The number of hydrogen-bond acceptors (Lipinski definition) is 2. The molecule has 0 radical (unpaired) electrons. The van der Waals surface area contributed by atoms with Crippen molar-refractivity contribution in [3.63, 3.8) is 0 Å². The van der Waals surface area contributed by atoms with Crippen molar-refractivity contribution < 1.29 is 0 Å². The molecule has 0 bridgehead atoms. The van der Waals surface area contributed by atoms with Crippen LogP contribution >= 0.6 is 0 Å². The molecule has 0 saturated heterocycles. The fourth-order valence-electron chi connectivity index (χ4n) is 1.08. The number of rotatable bonds is 3. The van der Waals surface area contributed by atoms with Gasteiger partial charge < -0.3 is 5.01 Å². The van der Waals surface area contributed by atoms with E-state index in [1.165, 1.54) is 11.1 Å². The van der Waals surface area contributed by atoms with Gasteiger partial charge in [-0.1, -0.05) is 11.6 Å². The molecule has 0 aliphatic rings. The van der Waals surface area contributed by atoms with Gasteiger partial charge in [-0.2, -0.15) is 0 Å². The van der Waals surface area contributed by atoms with Gasteiger partial charge in [0.05, 0.1) is 0 Å². The van der Waals surface area contributed by atoms with Crippen molar-refractivity contribution in [3.8, 4) is 0 Å². The van der Waals surface area contributed by atoms with Crippen LogP contribution in [-0.4, -0.2) is 11.1 Å². The van der Waals surface area contributed by atoms with Crippen molar-refractivity contribution in [1.82, 2.24) is 5.01 Å². The molecule has 0 aromatic heterocycles. The summed E-state index contributed by atoms with van der Waals surface area (Å²) in [6.07, 6.45) is 2.10. The number of hydrazine groups is 1. The molecule has 0 heterocycles. The highest BCUT2D eigenvalue weighted by Gasteiger charge is 2.07. The molecule has 0 amide bonds. The Morgan fingerprint density at radius 1 is 1.23 bits per heavy atom. The Balaban J connectivity index is 4.81. The summed E-state index contributed by atoms with van der Waals surface area (Å²) in [6.45, 7) is 12.5. The fourth-order valence-corrected chi connectivity index (χ4v) is 1.08. The van der Waals surface area contributed by atoms with E-state index in [2.05, 4.69) is 40.7 Å². The molecule has 2 N–H and O–H groups in total. The molecule has 0 aromatic carbocycles. The SMILES string of the molecule is C/C=C(C)\C(C)=C(\C)N(N)C(C)C. The average Bonchev–Trinajstić information content (AvgIpc) is 2.12. The zero-order valence-electron chi connectivity index (χ0n) is 9.68. The van der Waals surface area contributed by atoms with Crippen LogP contribution in [0, 0.1) is 0 Å². The minimum absolute atomic E-state index is 0.347. The van der Waals surface area contributed by atoms with Gasteiger partial charge in [0, 0.05) is 11.7 Å². The normalized spacial score (nSPS) is 14.6. The lowest BCUT2D eigenvalue weighted by molar-refractivity contribution is 0.292. The molecule has 0 fully saturated rings. The summed E-state index contributed by atoms with van der Waals surface area (Å²) in [5, 5.41) is 1.81. The number of allylic oxidation sites excluding steroid dienone is 4. The first-order chi connectivity index (χ1) is 5.91. The Kier molecular flexibility index (Phi) is 4.78. The lowest BCUT2D eigenvalue weighted by Crippen LogP contribution is -2.36. The molecule has 0 spiro atoms. The van der Waals surface area contributed by atoms with Crippen molar-refractivity contribution in [1.29, 1.82) is 0 Å². The van der Waals surface area contributed by atoms with Crippen LogP contribution in [0.1, 0.15) is 41.5 Å². The predicted octanol–water partition coefficient (Wildman–Crippen LogP) is 2.83. The summed E-state index contributed by atoms with van der Waals surface area (Å²) in [4.78, 5) is 0. The Morgan fingerprint density at radius 3 is 2.00 bits per heavy atom. The van der Waals surface area contributed by atoms with Crippen LogP contribution in [0.15, 0.2) is 22.9 Å². The monoisotopic (exact) mass is 182 g/mol. The molecule has 0 atom stereocenters. The third kappa shape index (κ3) is 3.23. The molecule has 2 heteroatoms. The molecule has 2 nitrogen and oxygen atoms in total. The van der Waals surface area contributed by atoms with Gasteiger partial charge >= 0.3 is 0 Å². The second-order valence-electron chi connectivity index (χ2n) is 3.68. The molecular weight excluding hydrogens is 160 g/mol. The van der Waals surface area contributed by atoms with E-state index >= 15 is 0 Å². The standard InChI is InChI=1S/C11H22N2/c1-7-9(4)10(5)11(6)13(12)8(2)3/h7-8H,12H2,1-6H3/b9-7-,11-10-. The van der Waals surface area contributed by atoms with Gasteiger partial charge in [-0.05, 0) is 47.1 Å². The molecule has 0 aliphatic heterocycles. The van der Waals surface area contributed by atoms with E-state index in [0.29, 0.717) is 6.04 Å². The van der Waals surface area contributed by atoms with E-state index in [1.807, 2.05) is 11.9 Å². The largest absolute Gasteiger partial charge is 0.313 e. The van der Waals surface area contributed by atoms with Gasteiger partial charge in [-0.15, -0.1) is 0 Å². The maximum Gasteiger partial charge on any atom is 0.0392 e. The maximum absolute atomic E-state index is 5.90. The highest BCUT2D eigenvalue weighted by atomic mass is 15.4. The molecule has 0 rings (SSSR count). The van der Waals surface area contributed by atoms with Gasteiger partial charge in [0.2, 0.25) is 0 Å². The van der Waals surface area contributed by atoms with Gasteiger partial charge in [0.25, 0.3) is 0 Å². The van der Waals surface area contributed by atoms with Crippen molar-refractivity contribution in [2.24, 2.45) is 5.84 Å². The molecule has 13 heavy (non-hydrogen) atoms. The average molecular weight is 182 g/mol. The molecule has 0 saturated carbocycles. The topological polar surface area (TPSA) is 29.3 Å². The highest BCUT2D eigenvalue weighted by Crippen LogP contribution is 2.16. The van der Waals surface area contributed by atoms with Gasteiger partial charge in [-0.3, -0.25) is 0 Å². The van der Waals surface area contributed by atoms with Crippen molar-refractivity contribution >= 4 is 0 Å². The van der Waals surface area contributed by atoms with E-state index in [1.54, 1.807) is 0 Å². The lowest BCUT2D eigenvalue weighted by atomic mass is 10.1. The summed E-state index contributed by atoms with van der Waals surface area (Å²) in [6, 6.07) is 0.347. The summed E-state index contributed by atoms with van der Waals surface area (Å²) >= 11 is 0. The van der Waals surface area contributed by atoms with Crippen molar-refractivity contribution in [3.05, 3.63) is 22.9 Å². The number of nitrogens with zero attached hydrogens (tertiary/aromatic N) is 1. The van der Waals surface area contributed by atoms with Crippen LogP contribution in [0.3, 0.4) is 0 Å². The van der Waals surface area contributed by atoms with Crippen molar-refractivity contribution in [2.75, 3.05) is 0 Å². The second-order valence-corrected chi connectivity index (χ2v) is 3.68. The van der Waals surface area contributed by atoms with Crippen LogP contribution in [0.5, 0.6) is 0 Å². The van der Waals surface area contributed by atoms with Crippen LogP contribution in [-0.2, 0) is 0 Å². The van der Waals surface area contributed by atoms with E-state index in [-0.39, 0.29) is 0 Å². The quantitative estimate of drug-likeness (QED) is 0.413. The summed E-state index contributed by atoms with van der Waals surface area (Å²) in [7, 11) is 0. The summed E-state index contributed by atoms with van der Waals surface area (Å²) in [5.41, 5.74) is 3.69. The van der Waals surface area contributed by atoms with Gasteiger partial charge in [0.15, 0.2) is 0 Å². The van der Waals surface area contributed by atoms with Crippen molar-refractivity contribution in [2.45, 2.75) is 47.6 Å². The van der Waals surface area contributed by atoms with Gasteiger partial charge in [0.1, 0.15) is 0 Å². The third-order valence-electron chi connectivity index (χ3n) is 2.51. The predicted molar refractivity (Wildman–Crippen MR) is 59.0 cm³/mol. The lowest BCUT2D eigenvalue weighted by Gasteiger charge is -2.25. The Hall–Kier alpha value is -0.760. The summed E-state index contributed by atoms with van der Waals surface area (Å²) in [5.74, 6) is 5.90. The minimum Gasteiger partial charge on any atom is -0.313 e. The van der Waals surface area contributed by atoms with E-state index in [0.717, 1.165) is 5.70 Å². The first-order valence-electron chi connectivity index (χ1n) is 4.76. The number of nitrogens with two attached hydrogens (primary N) is 1. The van der Waals surface area contributed by atoms with E-state index in [9.17, 15) is 0 Å². The molecule has 0 unspecified atom stereocenters. The third-order valence-corrected chi connectivity index (χ3v) is 2.51. The Labute approximate surface area is 82.1 Å². The van der Waals surface area contributed by atoms with Crippen LogP contribution in [0.25, 0.3) is 0 Å². The molecule has 0 aromatic rings. The fraction of sp³-hybridized carbons (Fsp3) is 0.636. The van der Waals surface area contributed by atoms with Crippen LogP contribution in [0.4, 0.5) is 0 Å². The summed E-state index contributed by atoms with van der Waals surface area (Å²) < 4.78 is 0. The zero-order chi connectivity index (χ0) is 10.6. The molecule has 0 aliphatic carbocycles. The maximum atomic E-state index is 5.90. The van der Waals surface area contributed by atoms with Crippen LogP contribution in [0.2, 0.25) is 0 Å². The number of hydrogen-bond donors (Lipinski definition) is 1. The highest BCUT2D eigenvalue weighted by molar-refractivity contribution is 5.30.